The van der Waals surface area contributed by atoms with Gasteiger partial charge in [-0.05, 0) is 32.0 Å². The molecule has 0 spiro atoms. The third kappa shape index (κ3) is 3.97. The minimum atomic E-state index is -1.96. The van der Waals surface area contributed by atoms with Gasteiger partial charge in [0.2, 0.25) is 0 Å². The molecule has 0 aliphatic carbocycles. The number of nitrogens with zero attached hydrogens (tertiary/aromatic N) is 1. The van der Waals surface area contributed by atoms with Crippen molar-refractivity contribution in [2.75, 3.05) is 6.61 Å². The number of aromatic amines is 1. The van der Waals surface area contributed by atoms with Crippen molar-refractivity contribution < 1.29 is 18.6 Å². The molecular weight excluding hydrogens is 368 g/mol. The van der Waals surface area contributed by atoms with Crippen LogP contribution in [0.1, 0.15) is 40.8 Å². The molecule has 0 unspecified atom stereocenters. The van der Waals surface area contributed by atoms with E-state index in [1.165, 1.54) is 16.8 Å². The fourth-order valence-electron chi connectivity index (χ4n) is 3.15. The molecule has 3 rings (SSSR count). The van der Waals surface area contributed by atoms with Crippen molar-refractivity contribution in [3.8, 4) is 0 Å². The minimum Gasteiger partial charge on any atom is -0.414 e. The van der Waals surface area contributed by atoms with Crippen molar-refractivity contribution >= 4 is 8.32 Å². The van der Waals surface area contributed by atoms with E-state index in [1.54, 1.807) is 0 Å². The van der Waals surface area contributed by atoms with E-state index in [2.05, 4.69) is 38.8 Å². The van der Waals surface area contributed by atoms with Gasteiger partial charge in [0.15, 0.2) is 20.3 Å². The van der Waals surface area contributed by atoms with E-state index >= 15 is 0 Å². The lowest BCUT2D eigenvalue weighted by atomic mass is 10.1. The molecule has 2 saturated heterocycles. The number of aromatic nitrogens is 2. The zero-order valence-corrected chi connectivity index (χ0v) is 18.1. The van der Waals surface area contributed by atoms with Crippen molar-refractivity contribution in [2.45, 2.75) is 83.1 Å². The minimum absolute atomic E-state index is 0.0760. The van der Waals surface area contributed by atoms with E-state index in [4.69, 9.17) is 18.6 Å². The normalized spacial score (nSPS) is 30.5. The summed E-state index contributed by atoms with van der Waals surface area (Å²) in [7, 11) is -1.96. The van der Waals surface area contributed by atoms with Crippen molar-refractivity contribution in [1.29, 1.82) is 0 Å². The molecule has 4 atom stereocenters. The molecule has 0 aromatic carbocycles. The van der Waals surface area contributed by atoms with Crippen LogP contribution in [-0.4, -0.2) is 48.6 Å². The van der Waals surface area contributed by atoms with Crippen molar-refractivity contribution in [3.05, 3.63) is 33.1 Å². The Labute approximate surface area is 159 Å². The SMILES string of the molecule is CC1(C)O[C@@H]2[C@H](O1)[C@@H](CO[Si](C)(C)C(C)(C)C)O[C@H]2n1ccc(=O)[nH]c1=O. The van der Waals surface area contributed by atoms with Crippen LogP contribution >= 0.6 is 0 Å². The molecule has 9 heteroatoms. The molecule has 1 N–H and O–H groups in total. The highest BCUT2D eigenvalue weighted by atomic mass is 28.4. The number of H-pyrrole nitrogens is 1. The number of rotatable bonds is 4. The first-order valence-corrected chi connectivity index (χ1v) is 12.2. The number of hydrogen-bond acceptors (Lipinski definition) is 6. The molecule has 8 nitrogen and oxygen atoms in total. The smallest absolute Gasteiger partial charge is 0.330 e. The fourth-order valence-corrected chi connectivity index (χ4v) is 4.17. The lowest BCUT2D eigenvalue weighted by molar-refractivity contribution is -0.200. The highest BCUT2D eigenvalue weighted by molar-refractivity contribution is 6.74. The van der Waals surface area contributed by atoms with Crippen LogP contribution in [0.25, 0.3) is 0 Å². The standard InChI is InChI=1S/C18H30N2O6Si/c1-17(2,3)27(6,7)23-10-11-13-14(26-18(4,5)25-13)15(24-11)20-9-8-12(21)19-16(20)22/h8-9,11,13-15H,10H2,1-7H3,(H,19,21,22)/t11-,13-,14-,15-/m1/s1. The van der Waals surface area contributed by atoms with E-state index in [9.17, 15) is 9.59 Å². The number of ether oxygens (including phenoxy) is 3. The Balaban J connectivity index is 1.84. The van der Waals surface area contributed by atoms with E-state index in [-0.39, 0.29) is 17.2 Å². The van der Waals surface area contributed by atoms with E-state index in [1.807, 2.05) is 13.8 Å². The maximum Gasteiger partial charge on any atom is 0.330 e. The second-order valence-corrected chi connectivity index (χ2v) is 14.0. The molecule has 27 heavy (non-hydrogen) atoms. The van der Waals surface area contributed by atoms with Crippen LogP contribution in [0.2, 0.25) is 18.1 Å². The summed E-state index contributed by atoms with van der Waals surface area (Å²) in [6.07, 6.45) is -0.441. The maximum atomic E-state index is 12.2. The molecule has 0 saturated carbocycles. The maximum absolute atomic E-state index is 12.2. The number of hydrogen-bond donors (Lipinski definition) is 1. The number of fused-ring (bicyclic) bond motifs is 1. The van der Waals surface area contributed by atoms with Crippen LogP contribution in [0.15, 0.2) is 21.9 Å². The summed E-state index contributed by atoms with van der Waals surface area (Å²) in [6.45, 7) is 14.9. The van der Waals surface area contributed by atoms with Crippen LogP contribution in [0, 0.1) is 0 Å². The Morgan fingerprint density at radius 3 is 2.44 bits per heavy atom. The molecular formula is C18H30N2O6Si. The van der Waals surface area contributed by atoms with Gasteiger partial charge < -0.3 is 18.6 Å². The summed E-state index contributed by atoms with van der Waals surface area (Å²) >= 11 is 0. The van der Waals surface area contributed by atoms with Crippen LogP contribution in [0.5, 0.6) is 0 Å². The van der Waals surface area contributed by atoms with Crippen LogP contribution in [-0.2, 0) is 18.6 Å². The van der Waals surface area contributed by atoms with Gasteiger partial charge in [0, 0.05) is 12.3 Å². The summed E-state index contributed by atoms with van der Waals surface area (Å²) in [5.74, 6) is -0.779. The van der Waals surface area contributed by atoms with Gasteiger partial charge in [-0.15, -0.1) is 0 Å². The molecule has 2 fully saturated rings. The van der Waals surface area contributed by atoms with Crippen LogP contribution < -0.4 is 11.2 Å². The average Bonchev–Trinajstić information content (AvgIpc) is 2.98. The molecule has 1 aromatic heterocycles. The molecule has 0 amide bonds. The van der Waals surface area contributed by atoms with E-state index in [0.29, 0.717) is 6.61 Å². The Morgan fingerprint density at radius 2 is 1.85 bits per heavy atom. The molecule has 0 radical (unpaired) electrons. The Bertz CT molecular complexity index is 809. The molecule has 1 aromatic rings. The predicted octanol–water partition coefficient (Wildman–Crippen LogP) is 1.98. The summed E-state index contributed by atoms with van der Waals surface area (Å²) < 4.78 is 25.9. The van der Waals surface area contributed by atoms with Gasteiger partial charge in [0.1, 0.15) is 18.3 Å². The third-order valence-corrected chi connectivity index (χ3v) is 10.2. The summed E-state index contributed by atoms with van der Waals surface area (Å²) in [5.41, 5.74) is -0.988. The largest absolute Gasteiger partial charge is 0.414 e. The Kier molecular flexibility index (Phi) is 5.05. The van der Waals surface area contributed by atoms with Gasteiger partial charge in [-0.25, -0.2) is 4.79 Å². The fraction of sp³-hybridized carbons (Fsp3) is 0.778. The van der Waals surface area contributed by atoms with E-state index < -0.39 is 37.7 Å². The topological polar surface area (TPSA) is 91.8 Å². The highest BCUT2D eigenvalue weighted by Gasteiger charge is 2.56. The second kappa shape index (κ2) is 6.66. The first kappa shape index (κ1) is 20.5. The molecule has 2 aliphatic heterocycles. The third-order valence-electron chi connectivity index (χ3n) is 5.67. The molecule has 152 valence electrons. The van der Waals surface area contributed by atoms with E-state index in [0.717, 1.165) is 0 Å². The Morgan fingerprint density at radius 1 is 1.22 bits per heavy atom. The van der Waals surface area contributed by atoms with Gasteiger partial charge >= 0.3 is 5.69 Å². The second-order valence-electron chi connectivity index (χ2n) is 9.22. The predicted molar refractivity (Wildman–Crippen MR) is 102 cm³/mol. The zero-order valence-electron chi connectivity index (χ0n) is 17.1. The molecule has 0 bridgehead atoms. The average molecular weight is 399 g/mol. The van der Waals surface area contributed by atoms with Crippen molar-refractivity contribution in [1.82, 2.24) is 9.55 Å². The van der Waals surface area contributed by atoms with Gasteiger partial charge in [-0.2, -0.15) is 0 Å². The quantitative estimate of drug-likeness (QED) is 0.780. The summed E-state index contributed by atoms with van der Waals surface area (Å²) in [6, 6.07) is 1.29. The van der Waals surface area contributed by atoms with Gasteiger partial charge in [0.25, 0.3) is 5.56 Å². The first-order chi connectivity index (χ1) is 12.3. The highest BCUT2D eigenvalue weighted by Crippen LogP contribution is 2.43. The van der Waals surface area contributed by atoms with Gasteiger partial charge in [-0.3, -0.25) is 14.3 Å². The molecule has 3 heterocycles. The van der Waals surface area contributed by atoms with Crippen LogP contribution in [0.4, 0.5) is 0 Å². The van der Waals surface area contributed by atoms with Crippen molar-refractivity contribution in [2.24, 2.45) is 0 Å². The van der Waals surface area contributed by atoms with Crippen molar-refractivity contribution in [3.63, 3.8) is 0 Å². The monoisotopic (exact) mass is 398 g/mol. The van der Waals surface area contributed by atoms with Gasteiger partial charge in [-0.1, -0.05) is 20.8 Å². The number of nitrogens with one attached hydrogen (secondary N) is 1. The summed E-state index contributed by atoms with van der Waals surface area (Å²) in [5, 5.41) is 0.0760. The van der Waals surface area contributed by atoms with Crippen LogP contribution in [0.3, 0.4) is 0 Å². The first-order valence-electron chi connectivity index (χ1n) is 9.27. The Hall–Kier alpha value is -1.26. The lowest BCUT2D eigenvalue weighted by Crippen LogP contribution is -2.44. The zero-order chi connectivity index (χ0) is 20.2. The molecule has 2 aliphatic rings. The van der Waals surface area contributed by atoms with Gasteiger partial charge in [0.05, 0.1) is 6.61 Å². The lowest BCUT2D eigenvalue weighted by Gasteiger charge is -2.37. The summed E-state index contributed by atoms with van der Waals surface area (Å²) in [4.78, 5) is 25.9.